The predicted molar refractivity (Wildman–Crippen MR) is 214 cm³/mol. The second-order valence-corrected chi connectivity index (χ2v) is 14.2. The number of aromatic hydroxyl groups is 2. The van der Waals surface area contributed by atoms with Crippen LogP contribution in [0.4, 0.5) is 0 Å². The number of carbonyl (C=O) groups is 1. The number of phenolic OH excluding ortho intramolecular Hbond substituents is 2. The third-order valence-electron chi connectivity index (χ3n) is 11.7. The van der Waals surface area contributed by atoms with Gasteiger partial charge in [-0.25, -0.2) is 0 Å². The summed E-state index contributed by atoms with van der Waals surface area (Å²) in [5.74, 6) is -0.642. The normalized spacial score (nSPS) is 14.1. The van der Waals surface area contributed by atoms with Crippen LogP contribution in [0, 0.1) is 0 Å². The van der Waals surface area contributed by atoms with E-state index in [0.717, 1.165) is 55.6 Å². The average Bonchev–Trinajstić information content (AvgIpc) is 3.72. The highest BCUT2D eigenvalue weighted by atomic mass is 16.3. The molecule has 0 radical (unpaired) electrons. The Kier molecular flexibility index (Phi) is 7.08. The van der Waals surface area contributed by atoms with Gasteiger partial charge in [0.25, 0.3) is 0 Å². The number of benzene rings is 8. The quantitative estimate of drug-likeness (QED) is 0.170. The van der Waals surface area contributed by atoms with Gasteiger partial charge in [0.2, 0.25) is 0 Å². The van der Waals surface area contributed by atoms with Gasteiger partial charge < -0.3 is 10.2 Å². The Morgan fingerprint density at radius 1 is 0.333 bits per heavy atom. The fraction of sp³-hybridized carbons (Fsp3) is 0.0392. The number of hydrogen-bond donors (Lipinski definition) is 2. The summed E-state index contributed by atoms with van der Waals surface area (Å²) < 4.78 is 0. The van der Waals surface area contributed by atoms with Gasteiger partial charge in [-0.15, -0.1) is 0 Å². The van der Waals surface area contributed by atoms with Gasteiger partial charge in [-0.3, -0.25) is 4.79 Å². The number of carbonyl (C=O) groups excluding carboxylic acids is 1. The van der Waals surface area contributed by atoms with Gasteiger partial charge in [0.1, 0.15) is 11.5 Å². The summed E-state index contributed by atoms with van der Waals surface area (Å²) in [5.41, 5.74) is 9.52. The second kappa shape index (κ2) is 12.0. The molecule has 0 saturated heterocycles. The Labute approximate surface area is 314 Å². The maximum atomic E-state index is 15.1. The molecular formula is C51H34O3. The monoisotopic (exact) mass is 694 g/mol. The first kappa shape index (κ1) is 31.7. The van der Waals surface area contributed by atoms with Crippen molar-refractivity contribution in [2.45, 2.75) is 10.8 Å². The van der Waals surface area contributed by atoms with Crippen LogP contribution in [0.15, 0.2) is 194 Å². The molecule has 10 rings (SSSR count). The molecule has 2 aliphatic carbocycles. The maximum absolute atomic E-state index is 15.1. The zero-order valence-corrected chi connectivity index (χ0v) is 29.3. The van der Waals surface area contributed by atoms with Crippen LogP contribution in [-0.2, 0) is 10.8 Å². The molecule has 0 spiro atoms. The maximum Gasteiger partial charge on any atom is 0.200 e. The molecule has 54 heavy (non-hydrogen) atoms. The van der Waals surface area contributed by atoms with Crippen LogP contribution in [0.1, 0.15) is 60.4 Å². The molecule has 0 bridgehead atoms. The fourth-order valence-corrected chi connectivity index (χ4v) is 9.55. The second-order valence-electron chi connectivity index (χ2n) is 14.2. The molecule has 2 N–H and O–H groups in total. The Morgan fingerprint density at radius 3 is 0.963 bits per heavy atom. The molecule has 3 heteroatoms. The van der Waals surface area contributed by atoms with E-state index in [9.17, 15) is 10.2 Å². The van der Waals surface area contributed by atoms with Crippen LogP contribution in [0.25, 0.3) is 22.3 Å². The van der Waals surface area contributed by atoms with Crippen molar-refractivity contribution in [3.05, 3.63) is 250 Å². The zero-order chi connectivity index (χ0) is 36.4. The standard InChI is InChI=1S/C51H34O3/c52-47(41-31-29-39-37-25-13-15-27-43(37)50(45(39)48(41)53,33-17-5-1-6-18-33)34-19-7-2-8-20-34)42-32-30-40-38-26-14-16-28-44(38)51(46(40)49(42)54,35-21-9-3-10-22-35)36-23-11-4-12-24-36/h1-32,53-54H. The Balaban J connectivity index is 1.23. The summed E-state index contributed by atoms with van der Waals surface area (Å²) >= 11 is 0. The van der Waals surface area contributed by atoms with Gasteiger partial charge in [0, 0.05) is 11.1 Å². The van der Waals surface area contributed by atoms with E-state index in [1.807, 2.05) is 109 Å². The van der Waals surface area contributed by atoms with E-state index in [-0.39, 0.29) is 22.6 Å². The minimum atomic E-state index is -0.897. The number of phenols is 2. The third-order valence-corrected chi connectivity index (χ3v) is 11.7. The van der Waals surface area contributed by atoms with Crippen LogP contribution < -0.4 is 0 Å². The molecule has 0 amide bonds. The van der Waals surface area contributed by atoms with Crippen molar-refractivity contribution < 1.29 is 15.0 Å². The SMILES string of the molecule is O=C(c1ccc2c(c1O)C(c1ccccc1)(c1ccccc1)c1ccccc1-2)c1ccc2c(c1O)C(c1ccccc1)(c1ccccc1)c1ccccc1-2. The first-order valence-corrected chi connectivity index (χ1v) is 18.3. The van der Waals surface area contributed by atoms with Crippen molar-refractivity contribution in [3.63, 3.8) is 0 Å². The molecule has 3 nitrogen and oxygen atoms in total. The topological polar surface area (TPSA) is 57.5 Å². The van der Waals surface area contributed by atoms with Crippen molar-refractivity contribution in [3.8, 4) is 33.8 Å². The predicted octanol–water partition coefficient (Wildman–Crippen LogP) is 11.1. The van der Waals surface area contributed by atoms with E-state index >= 15 is 4.79 Å². The van der Waals surface area contributed by atoms with Crippen LogP contribution >= 0.6 is 0 Å². The number of rotatable bonds is 6. The molecule has 2 aliphatic rings. The van der Waals surface area contributed by atoms with Gasteiger partial charge in [0.15, 0.2) is 5.78 Å². The first-order valence-electron chi connectivity index (χ1n) is 18.3. The van der Waals surface area contributed by atoms with E-state index in [2.05, 4.69) is 72.8 Å². The van der Waals surface area contributed by atoms with E-state index in [1.165, 1.54) is 0 Å². The van der Waals surface area contributed by atoms with Crippen molar-refractivity contribution >= 4 is 5.78 Å². The molecule has 8 aromatic carbocycles. The average molecular weight is 695 g/mol. The summed E-state index contributed by atoms with van der Waals surface area (Å²) in [6.45, 7) is 0. The molecule has 8 aromatic rings. The van der Waals surface area contributed by atoms with Crippen LogP contribution in [0.5, 0.6) is 11.5 Å². The van der Waals surface area contributed by atoms with Crippen LogP contribution in [0.2, 0.25) is 0 Å². The summed E-state index contributed by atoms with van der Waals surface area (Å²) in [4.78, 5) is 15.1. The lowest BCUT2D eigenvalue weighted by Gasteiger charge is -2.35. The highest BCUT2D eigenvalue weighted by Crippen LogP contribution is 2.61. The fourth-order valence-electron chi connectivity index (χ4n) is 9.55. The number of hydrogen-bond acceptors (Lipinski definition) is 3. The molecule has 0 fully saturated rings. The highest BCUT2D eigenvalue weighted by Gasteiger charge is 2.50. The highest BCUT2D eigenvalue weighted by molar-refractivity contribution is 6.14. The Bertz CT molecular complexity index is 2470. The van der Waals surface area contributed by atoms with Gasteiger partial charge in [-0.05, 0) is 67.8 Å². The van der Waals surface area contributed by atoms with E-state index in [1.54, 1.807) is 12.1 Å². The zero-order valence-electron chi connectivity index (χ0n) is 29.3. The third kappa shape index (κ3) is 4.15. The van der Waals surface area contributed by atoms with Gasteiger partial charge in [-0.2, -0.15) is 0 Å². The number of fused-ring (bicyclic) bond motifs is 6. The van der Waals surface area contributed by atoms with Crippen molar-refractivity contribution in [2.24, 2.45) is 0 Å². The van der Waals surface area contributed by atoms with E-state index in [0.29, 0.717) is 11.1 Å². The molecule has 0 saturated carbocycles. The minimum Gasteiger partial charge on any atom is -0.507 e. The lowest BCUT2D eigenvalue weighted by molar-refractivity contribution is 0.103. The van der Waals surface area contributed by atoms with Crippen molar-refractivity contribution in [2.75, 3.05) is 0 Å². The summed E-state index contributed by atoms with van der Waals surface area (Å²) in [5, 5.41) is 25.3. The summed E-state index contributed by atoms with van der Waals surface area (Å²) in [6.07, 6.45) is 0. The molecule has 256 valence electrons. The van der Waals surface area contributed by atoms with E-state index in [4.69, 9.17) is 0 Å². The molecule has 0 unspecified atom stereocenters. The van der Waals surface area contributed by atoms with Crippen molar-refractivity contribution in [1.82, 2.24) is 0 Å². The van der Waals surface area contributed by atoms with Crippen molar-refractivity contribution in [1.29, 1.82) is 0 Å². The Hall–Kier alpha value is -6.97. The van der Waals surface area contributed by atoms with Gasteiger partial charge in [-0.1, -0.05) is 182 Å². The Morgan fingerprint density at radius 2 is 0.630 bits per heavy atom. The first-order chi connectivity index (χ1) is 26.6. The number of ketones is 1. The lowest BCUT2D eigenvalue weighted by atomic mass is 9.66. The van der Waals surface area contributed by atoms with Crippen LogP contribution in [0.3, 0.4) is 0 Å². The summed E-state index contributed by atoms with van der Waals surface area (Å²) in [6, 6.07) is 64.6. The molecule has 0 atom stereocenters. The van der Waals surface area contributed by atoms with Crippen LogP contribution in [-0.4, -0.2) is 16.0 Å². The minimum absolute atomic E-state index is 0.0954. The molecular weight excluding hydrogens is 661 g/mol. The van der Waals surface area contributed by atoms with E-state index < -0.39 is 16.6 Å². The largest absolute Gasteiger partial charge is 0.507 e. The summed E-state index contributed by atoms with van der Waals surface area (Å²) in [7, 11) is 0. The molecule has 0 aliphatic heterocycles. The van der Waals surface area contributed by atoms with Gasteiger partial charge >= 0.3 is 0 Å². The van der Waals surface area contributed by atoms with Gasteiger partial charge in [0.05, 0.1) is 22.0 Å². The lowest BCUT2D eigenvalue weighted by Crippen LogP contribution is -2.29. The molecule has 0 aromatic heterocycles. The molecule has 0 heterocycles. The smallest absolute Gasteiger partial charge is 0.200 e.